The molecule has 1 aromatic heterocycles. The summed E-state index contributed by atoms with van der Waals surface area (Å²) in [7, 11) is 0. The summed E-state index contributed by atoms with van der Waals surface area (Å²) in [6.45, 7) is 5.24. The second-order valence-corrected chi connectivity index (χ2v) is 6.21. The molecule has 0 spiro atoms. The molecule has 1 amide bonds. The topological polar surface area (TPSA) is 84.7 Å². The highest BCUT2D eigenvalue weighted by molar-refractivity contribution is 5.96. The van der Waals surface area contributed by atoms with Gasteiger partial charge in [-0.2, -0.15) is 5.10 Å². The SMILES string of the molecule is Cc1cc(C)n(Cc2ccc(C(=O)N3CCOCC3C(=O)O)cc2)n1. The smallest absolute Gasteiger partial charge is 0.328 e. The predicted octanol–water partition coefficient (Wildman–Crippen LogP) is 1.47. The van der Waals surface area contributed by atoms with Crippen molar-refractivity contribution in [2.24, 2.45) is 0 Å². The average Bonchev–Trinajstić information content (AvgIpc) is 2.92. The van der Waals surface area contributed by atoms with Crippen molar-refractivity contribution in [2.45, 2.75) is 26.4 Å². The molecule has 0 saturated carbocycles. The molecule has 1 unspecified atom stereocenters. The zero-order chi connectivity index (χ0) is 18.0. The molecule has 1 N–H and O–H groups in total. The number of carboxylic acid groups (broad SMARTS) is 1. The van der Waals surface area contributed by atoms with Gasteiger partial charge in [-0.05, 0) is 37.6 Å². The summed E-state index contributed by atoms with van der Waals surface area (Å²) in [5, 5.41) is 13.7. The number of morpholine rings is 1. The lowest BCUT2D eigenvalue weighted by Gasteiger charge is -2.32. The summed E-state index contributed by atoms with van der Waals surface area (Å²) < 4.78 is 7.09. The third-order valence-corrected chi connectivity index (χ3v) is 4.31. The van der Waals surface area contributed by atoms with Crippen LogP contribution in [-0.4, -0.2) is 57.5 Å². The maximum atomic E-state index is 12.6. The molecule has 1 aliphatic rings. The Morgan fingerprint density at radius 1 is 1.28 bits per heavy atom. The number of nitrogens with zero attached hydrogens (tertiary/aromatic N) is 3. The molecule has 1 aromatic carbocycles. The lowest BCUT2D eigenvalue weighted by molar-refractivity contribution is -0.147. The molecule has 1 fully saturated rings. The fourth-order valence-corrected chi connectivity index (χ4v) is 2.98. The van der Waals surface area contributed by atoms with E-state index in [9.17, 15) is 14.7 Å². The molecular weight excluding hydrogens is 322 g/mol. The van der Waals surface area contributed by atoms with Gasteiger partial charge < -0.3 is 14.7 Å². The first-order chi connectivity index (χ1) is 12.0. The van der Waals surface area contributed by atoms with E-state index in [1.54, 1.807) is 12.1 Å². The number of amides is 1. The Morgan fingerprint density at radius 2 is 2.00 bits per heavy atom. The lowest BCUT2D eigenvalue weighted by atomic mass is 10.1. The van der Waals surface area contributed by atoms with Crippen LogP contribution in [0.2, 0.25) is 0 Å². The Hall–Kier alpha value is -2.67. The molecule has 3 rings (SSSR count). The van der Waals surface area contributed by atoms with Gasteiger partial charge in [0.15, 0.2) is 6.04 Å². The molecule has 2 heterocycles. The highest BCUT2D eigenvalue weighted by Gasteiger charge is 2.33. The molecule has 25 heavy (non-hydrogen) atoms. The van der Waals surface area contributed by atoms with Crippen LogP contribution in [0.3, 0.4) is 0 Å². The van der Waals surface area contributed by atoms with Crippen LogP contribution < -0.4 is 0 Å². The molecule has 1 saturated heterocycles. The number of ether oxygens (including phenoxy) is 1. The number of aliphatic carboxylic acids is 1. The molecule has 0 bridgehead atoms. The fraction of sp³-hybridized carbons (Fsp3) is 0.389. The molecule has 2 aromatic rings. The van der Waals surface area contributed by atoms with Gasteiger partial charge in [0.25, 0.3) is 5.91 Å². The number of hydrogen-bond acceptors (Lipinski definition) is 4. The second-order valence-electron chi connectivity index (χ2n) is 6.21. The largest absolute Gasteiger partial charge is 0.480 e. The van der Waals surface area contributed by atoms with Gasteiger partial charge in [0.2, 0.25) is 0 Å². The van der Waals surface area contributed by atoms with Crippen molar-refractivity contribution in [3.63, 3.8) is 0 Å². The third kappa shape index (κ3) is 3.71. The molecule has 0 radical (unpaired) electrons. The number of aromatic nitrogens is 2. The summed E-state index contributed by atoms with van der Waals surface area (Å²) in [5.41, 5.74) is 3.55. The van der Waals surface area contributed by atoms with Gasteiger partial charge in [-0.1, -0.05) is 12.1 Å². The maximum Gasteiger partial charge on any atom is 0.328 e. The van der Waals surface area contributed by atoms with E-state index in [-0.39, 0.29) is 19.1 Å². The van der Waals surface area contributed by atoms with E-state index in [4.69, 9.17) is 4.74 Å². The minimum absolute atomic E-state index is 0.0249. The van der Waals surface area contributed by atoms with Crippen LogP contribution in [0.4, 0.5) is 0 Å². The van der Waals surface area contributed by atoms with Gasteiger partial charge in [-0.3, -0.25) is 9.48 Å². The van der Waals surface area contributed by atoms with Crippen molar-refractivity contribution < 1.29 is 19.4 Å². The Kier molecular flexibility index (Phi) is 4.85. The number of carbonyl (C=O) groups excluding carboxylic acids is 1. The van der Waals surface area contributed by atoms with E-state index in [0.29, 0.717) is 18.7 Å². The quantitative estimate of drug-likeness (QED) is 0.909. The Labute approximate surface area is 145 Å². The summed E-state index contributed by atoms with van der Waals surface area (Å²) in [4.78, 5) is 25.3. The Morgan fingerprint density at radius 3 is 2.60 bits per heavy atom. The maximum absolute atomic E-state index is 12.6. The van der Waals surface area contributed by atoms with E-state index >= 15 is 0 Å². The van der Waals surface area contributed by atoms with Crippen LogP contribution in [0.25, 0.3) is 0 Å². The Bertz CT molecular complexity index is 782. The summed E-state index contributed by atoms with van der Waals surface area (Å²) in [6, 6.07) is 8.30. The first-order valence-corrected chi connectivity index (χ1v) is 8.17. The zero-order valence-electron chi connectivity index (χ0n) is 14.3. The van der Waals surface area contributed by atoms with Gasteiger partial charge in [-0.15, -0.1) is 0 Å². The lowest BCUT2D eigenvalue weighted by Crippen LogP contribution is -2.52. The van der Waals surface area contributed by atoms with E-state index < -0.39 is 12.0 Å². The van der Waals surface area contributed by atoms with Crippen molar-refractivity contribution in [3.05, 3.63) is 52.8 Å². The minimum atomic E-state index is -1.05. The number of rotatable bonds is 4. The number of hydrogen-bond donors (Lipinski definition) is 1. The molecule has 132 valence electrons. The minimum Gasteiger partial charge on any atom is -0.480 e. The highest BCUT2D eigenvalue weighted by atomic mass is 16.5. The standard InChI is InChI=1S/C18H21N3O4/c1-12-9-13(2)21(19-12)10-14-3-5-15(6-4-14)17(22)20-7-8-25-11-16(20)18(23)24/h3-6,9,16H,7-8,10-11H2,1-2H3,(H,23,24). The monoisotopic (exact) mass is 343 g/mol. The predicted molar refractivity (Wildman–Crippen MR) is 90.5 cm³/mol. The Balaban J connectivity index is 1.74. The van der Waals surface area contributed by atoms with E-state index in [0.717, 1.165) is 17.0 Å². The number of carbonyl (C=O) groups is 2. The molecule has 7 nitrogen and oxygen atoms in total. The van der Waals surface area contributed by atoms with Gasteiger partial charge >= 0.3 is 5.97 Å². The van der Waals surface area contributed by atoms with Crippen LogP contribution in [0.1, 0.15) is 27.3 Å². The molecule has 0 aliphatic carbocycles. The number of carboxylic acids is 1. The number of benzene rings is 1. The van der Waals surface area contributed by atoms with Crippen molar-refractivity contribution in [2.75, 3.05) is 19.8 Å². The van der Waals surface area contributed by atoms with Crippen molar-refractivity contribution >= 4 is 11.9 Å². The summed E-state index contributed by atoms with van der Waals surface area (Å²) >= 11 is 0. The van der Waals surface area contributed by atoms with Crippen molar-refractivity contribution in [1.82, 2.24) is 14.7 Å². The molecule has 1 aliphatic heterocycles. The molecule has 7 heteroatoms. The van der Waals surface area contributed by atoms with Crippen LogP contribution in [0.15, 0.2) is 30.3 Å². The van der Waals surface area contributed by atoms with E-state index in [1.165, 1.54) is 4.90 Å². The zero-order valence-corrected chi connectivity index (χ0v) is 14.3. The molecule has 1 atom stereocenters. The first-order valence-electron chi connectivity index (χ1n) is 8.17. The fourth-order valence-electron chi connectivity index (χ4n) is 2.98. The first kappa shape index (κ1) is 17.2. The number of aryl methyl sites for hydroxylation is 2. The van der Waals surface area contributed by atoms with Crippen LogP contribution >= 0.6 is 0 Å². The van der Waals surface area contributed by atoms with Gasteiger partial charge in [0, 0.05) is 17.8 Å². The van der Waals surface area contributed by atoms with Gasteiger partial charge in [0.05, 0.1) is 25.5 Å². The summed E-state index contributed by atoms with van der Waals surface area (Å²) in [6.07, 6.45) is 0. The second kappa shape index (κ2) is 7.06. The summed E-state index contributed by atoms with van der Waals surface area (Å²) in [5.74, 6) is -1.33. The van der Waals surface area contributed by atoms with Gasteiger partial charge in [-0.25, -0.2) is 4.79 Å². The normalized spacial score (nSPS) is 17.5. The van der Waals surface area contributed by atoms with Crippen LogP contribution in [0, 0.1) is 13.8 Å². The van der Waals surface area contributed by atoms with Crippen molar-refractivity contribution in [1.29, 1.82) is 0 Å². The third-order valence-electron chi connectivity index (χ3n) is 4.31. The highest BCUT2D eigenvalue weighted by Crippen LogP contribution is 2.15. The van der Waals surface area contributed by atoms with E-state index in [2.05, 4.69) is 5.10 Å². The average molecular weight is 343 g/mol. The van der Waals surface area contributed by atoms with E-state index in [1.807, 2.05) is 36.7 Å². The molecular formula is C18H21N3O4. The van der Waals surface area contributed by atoms with Crippen molar-refractivity contribution in [3.8, 4) is 0 Å². The van der Waals surface area contributed by atoms with Gasteiger partial charge in [0.1, 0.15) is 0 Å². The van der Waals surface area contributed by atoms with Crippen LogP contribution in [-0.2, 0) is 16.1 Å². The van der Waals surface area contributed by atoms with Crippen LogP contribution in [0.5, 0.6) is 0 Å².